The fourth-order valence-electron chi connectivity index (χ4n) is 3.20. The lowest BCUT2D eigenvalue weighted by molar-refractivity contribution is -0.123. The minimum Gasteiger partial charge on any atom is -0.467 e. The Morgan fingerprint density at radius 3 is 2.30 bits per heavy atom. The van der Waals surface area contributed by atoms with Gasteiger partial charge in [0.15, 0.2) is 6.61 Å². The van der Waals surface area contributed by atoms with Crippen LogP contribution in [0.3, 0.4) is 0 Å². The summed E-state index contributed by atoms with van der Waals surface area (Å²) >= 11 is 0. The molecule has 0 saturated carbocycles. The molecule has 2 N–H and O–H groups in total. The Kier molecular flexibility index (Phi) is 5.98. The van der Waals surface area contributed by atoms with Gasteiger partial charge in [-0.15, -0.1) is 0 Å². The molecule has 0 fully saturated rings. The minimum absolute atomic E-state index is 0.0270. The average Bonchev–Trinajstić information content (AvgIpc) is 3.43. The molecule has 3 aromatic rings. The second-order valence-corrected chi connectivity index (χ2v) is 6.93. The predicted octanol–water partition coefficient (Wildman–Crippen LogP) is 2.26. The normalized spacial score (nSPS) is 12.3. The van der Waals surface area contributed by atoms with Crippen molar-refractivity contribution in [2.45, 2.75) is 6.54 Å². The fourth-order valence-corrected chi connectivity index (χ4v) is 3.20. The summed E-state index contributed by atoms with van der Waals surface area (Å²) in [6, 6.07) is 14.7. The molecule has 1 aliphatic rings. The number of hydrogen-bond donors (Lipinski definition) is 2. The van der Waals surface area contributed by atoms with Crippen LogP contribution in [0.2, 0.25) is 0 Å². The Labute approximate surface area is 187 Å². The molecule has 5 amide bonds. The molecule has 10 nitrogen and oxygen atoms in total. The smallest absolute Gasteiger partial charge is 0.338 e. The summed E-state index contributed by atoms with van der Waals surface area (Å²) in [5.74, 6) is -2.19. The second kappa shape index (κ2) is 9.18. The number of furan rings is 1. The van der Waals surface area contributed by atoms with Crippen LogP contribution in [0.1, 0.15) is 36.8 Å². The number of hydrogen-bond acceptors (Lipinski definition) is 7. The highest BCUT2D eigenvalue weighted by Crippen LogP contribution is 2.28. The fraction of sp³-hybridized carbons (Fsp3) is 0.0870. The molecule has 166 valence electrons. The molecule has 2 heterocycles. The maximum Gasteiger partial charge on any atom is 0.338 e. The van der Waals surface area contributed by atoms with Gasteiger partial charge in [0.05, 0.1) is 35.2 Å². The van der Waals surface area contributed by atoms with Gasteiger partial charge in [-0.3, -0.25) is 19.7 Å². The van der Waals surface area contributed by atoms with Gasteiger partial charge in [-0.1, -0.05) is 18.2 Å². The molecule has 1 aliphatic heterocycles. The van der Waals surface area contributed by atoms with Gasteiger partial charge in [-0.05, 0) is 42.5 Å². The van der Waals surface area contributed by atoms with Crippen molar-refractivity contribution in [3.05, 3.63) is 89.4 Å². The standard InChI is InChI=1S/C23H17N3O7/c27-19(25-23(31)24-12-16-7-4-10-32-16)13-33-22(30)14-5-3-6-15(11-14)26-20(28)17-8-1-2-9-18(17)21(26)29/h1-11H,12-13H2,(H2,24,25,27,31). The maximum atomic E-state index is 12.6. The van der Waals surface area contributed by atoms with Crippen LogP contribution in [0.4, 0.5) is 10.5 Å². The Morgan fingerprint density at radius 1 is 0.909 bits per heavy atom. The second-order valence-electron chi connectivity index (χ2n) is 6.93. The van der Waals surface area contributed by atoms with Crippen molar-refractivity contribution in [2.24, 2.45) is 0 Å². The first-order valence-electron chi connectivity index (χ1n) is 9.79. The number of amides is 5. The van der Waals surface area contributed by atoms with Gasteiger partial charge in [-0.25, -0.2) is 14.5 Å². The summed E-state index contributed by atoms with van der Waals surface area (Å²) in [5, 5.41) is 4.44. The summed E-state index contributed by atoms with van der Waals surface area (Å²) in [6.07, 6.45) is 1.45. The zero-order valence-electron chi connectivity index (χ0n) is 17.1. The van der Waals surface area contributed by atoms with E-state index < -0.39 is 36.3 Å². The number of nitrogens with zero attached hydrogens (tertiary/aromatic N) is 1. The van der Waals surface area contributed by atoms with Crippen molar-refractivity contribution in [2.75, 3.05) is 11.5 Å². The minimum atomic E-state index is -0.861. The van der Waals surface area contributed by atoms with E-state index in [2.05, 4.69) is 5.32 Å². The molecule has 0 aliphatic carbocycles. The monoisotopic (exact) mass is 447 g/mol. The van der Waals surface area contributed by atoms with Crippen molar-refractivity contribution >= 4 is 35.4 Å². The van der Waals surface area contributed by atoms with E-state index in [1.807, 2.05) is 5.32 Å². The lowest BCUT2D eigenvalue weighted by Gasteiger charge is -2.14. The molecule has 4 rings (SSSR count). The molecule has 33 heavy (non-hydrogen) atoms. The SMILES string of the molecule is O=C(COC(=O)c1cccc(N2C(=O)c3ccccc3C2=O)c1)NC(=O)NCc1ccco1. The van der Waals surface area contributed by atoms with E-state index in [-0.39, 0.29) is 28.9 Å². The quantitative estimate of drug-likeness (QED) is 0.437. The van der Waals surface area contributed by atoms with Gasteiger partial charge in [-0.2, -0.15) is 0 Å². The third-order valence-electron chi connectivity index (χ3n) is 4.72. The number of rotatable bonds is 6. The van der Waals surface area contributed by atoms with E-state index in [1.54, 1.807) is 36.4 Å². The number of anilines is 1. The number of benzene rings is 2. The van der Waals surface area contributed by atoms with Gasteiger partial charge in [0, 0.05) is 0 Å². The van der Waals surface area contributed by atoms with Crippen molar-refractivity contribution in [1.82, 2.24) is 10.6 Å². The first-order chi connectivity index (χ1) is 15.9. The first kappa shape index (κ1) is 21.5. The van der Waals surface area contributed by atoms with E-state index in [0.29, 0.717) is 5.76 Å². The van der Waals surface area contributed by atoms with Crippen LogP contribution in [0.15, 0.2) is 71.3 Å². The zero-order chi connectivity index (χ0) is 23.4. The van der Waals surface area contributed by atoms with Crippen LogP contribution < -0.4 is 15.5 Å². The summed E-state index contributed by atoms with van der Waals surface area (Å²) in [5.41, 5.74) is 0.770. The lowest BCUT2D eigenvalue weighted by Crippen LogP contribution is -2.41. The van der Waals surface area contributed by atoms with Crippen molar-refractivity contribution in [3.63, 3.8) is 0 Å². The summed E-state index contributed by atoms with van der Waals surface area (Å²) in [7, 11) is 0. The van der Waals surface area contributed by atoms with Crippen LogP contribution in [0, 0.1) is 0 Å². The van der Waals surface area contributed by atoms with Gasteiger partial charge in [0.1, 0.15) is 5.76 Å². The average molecular weight is 447 g/mol. The van der Waals surface area contributed by atoms with Gasteiger partial charge in [0.25, 0.3) is 17.7 Å². The number of ether oxygens (including phenoxy) is 1. The first-order valence-corrected chi connectivity index (χ1v) is 9.79. The zero-order valence-corrected chi connectivity index (χ0v) is 17.1. The van der Waals surface area contributed by atoms with E-state index in [0.717, 1.165) is 4.90 Å². The molecule has 0 saturated heterocycles. The topological polar surface area (TPSA) is 135 Å². The summed E-state index contributed by atoms with van der Waals surface area (Å²) in [4.78, 5) is 62.2. The highest BCUT2D eigenvalue weighted by Gasteiger charge is 2.36. The van der Waals surface area contributed by atoms with Crippen LogP contribution in [0.25, 0.3) is 0 Å². The molecule has 1 aromatic heterocycles. The number of esters is 1. The van der Waals surface area contributed by atoms with Gasteiger partial charge in [0.2, 0.25) is 0 Å². The number of nitrogens with one attached hydrogen (secondary N) is 2. The Balaban J connectivity index is 1.34. The molecular weight excluding hydrogens is 430 g/mol. The van der Waals surface area contributed by atoms with Crippen LogP contribution in [0.5, 0.6) is 0 Å². The van der Waals surface area contributed by atoms with Crippen molar-refractivity contribution in [1.29, 1.82) is 0 Å². The number of fused-ring (bicyclic) bond motifs is 1. The van der Waals surface area contributed by atoms with Crippen molar-refractivity contribution in [3.8, 4) is 0 Å². The molecule has 2 aromatic carbocycles. The molecule has 0 atom stereocenters. The molecule has 0 radical (unpaired) electrons. The molecule has 0 bridgehead atoms. The summed E-state index contributed by atoms with van der Waals surface area (Å²) in [6.45, 7) is -0.624. The largest absolute Gasteiger partial charge is 0.467 e. The Morgan fingerprint density at radius 2 is 1.64 bits per heavy atom. The predicted molar refractivity (Wildman–Crippen MR) is 113 cm³/mol. The van der Waals surface area contributed by atoms with E-state index in [9.17, 15) is 24.0 Å². The lowest BCUT2D eigenvalue weighted by atomic mass is 10.1. The molecular formula is C23H17N3O7. The van der Waals surface area contributed by atoms with Crippen LogP contribution >= 0.6 is 0 Å². The summed E-state index contributed by atoms with van der Waals surface area (Å²) < 4.78 is 9.99. The van der Waals surface area contributed by atoms with E-state index in [4.69, 9.17) is 9.15 Å². The number of urea groups is 1. The van der Waals surface area contributed by atoms with Crippen LogP contribution in [-0.2, 0) is 16.1 Å². The van der Waals surface area contributed by atoms with E-state index >= 15 is 0 Å². The maximum absolute atomic E-state index is 12.6. The number of carbonyl (C=O) groups excluding carboxylic acids is 5. The highest BCUT2D eigenvalue weighted by molar-refractivity contribution is 6.34. The van der Waals surface area contributed by atoms with Gasteiger partial charge >= 0.3 is 12.0 Å². The Bertz CT molecular complexity index is 1220. The molecule has 10 heteroatoms. The van der Waals surface area contributed by atoms with Crippen molar-refractivity contribution < 1.29 is 33.1 Å². The van der Waals surface area contributed by atoms with Crippen LogP contribution in [-0.4, -0.2) is 36.3 Å². The number of imide groups is 2. The highest BCUT2D eigenvalue weighted by atomic mass is 16.5. The molecule has 0 spiro atoms. The number of carbonyl (C=O) groups is 5. The third kappa shape index (κ3) is 4.64. The Hall–Kier alpha value is -4.73. The molecule has 0 unspecified atom stereocenters. The van der Waals surface area contributed by atoms with E-state index in [1.165, 1.54) is 30.5 Å². The van der Waals surface area contributed by atoms with Gasteiger partial charge < -0.3 is 14.5 Å². The third-order valence-corrected chi connectivity index (χ3v) is 4.72.